The van der Waals surface area contributed by atoms with Crippen molar-refractivity contribution in [2.45, 2.75) is 32.3 Å². The number of hydrogen-bond donors (Lipinski definition) is 2. The third kappa shape index (κ3) is 5.71. The standard InChI is InChI=1S/C26H29NO3/c1-19(2)20-11-15-24(16-12-20)30-17-25(28)27-18-26(3,29)23-13-9-22(10-14-23)21-7-5-4-6-8-21/h4-16,19,29H,17-18H2,1-3H3,(H,27,28). The summed E-state index contributed by atoms with van der Waals surface area (Å²) in [5.41, 5.74) is 2.99. The molecular weight excluding hydrogens is 374 g/mol. The van der Waals surface area contributed by atoms with E-state index in [1.54, 1.807) is 6.92 Å². The Morgan fingerprint density at radius 1 is 0.933 bits per heavy atom. The monoisotopic (exact) mass is 403 g/mol. The second kappa shape index (κ2) is 9.59. The molecule has 2 N–H and O–H groups in total. The lowest BCUT2D eigenvalue weighted by Gasteiger charge is -2.24. The van der Waals surface area contributed by atoms with Crippen LogP contribution in [0.2, 0.25) is 0 Å². The molecule has 0 saturated carbocycles. The van der Waals surface area contributed by atoms with E-state index in [2.05, 4.69) is 19.2 Å². The van der Waals surface area contributed by atoms with Crippen LogP contribution >= 0.6 is 0 Å². The molecule has 1 unspecified atom stereocenters. The van der Waals surface area contributed by atoms with Gasteiger partial charge in [-0.1, -0.05) is 80.6 Å². The number of carbonyl (C=O) groups excluding carboxylic acids is 1. The predicted octanol–water partition coefficient (Wildman–Crippen LogP) is 4.88. The Hall–Kier alpha value is -3.11. The normalized spacial score (nSPS) is 13.0. The molecule has 0 saturated heterocycles. The van der Waals surface area contributed by atoms with E-state index in [1.807, 2.05) is 78.9 Å². The van der Waals surface area contributed by atoms with Gasteiger partial charge in [-0.15, -0.1) is 0 Å². The summed E-state index contributed by atoms with van der Waals surface area (Å²) in [6.45, 7) is 5.96. The molecule has 0 radical (unpaired) electrons. The molecule has 4 heteroatoms. The van der Waals surface area contributed by atoms with Crippen molar-refractivity contribution in [1.82, 2.24) is 5.32 Å². The van der Waals surface area contributed by atoms with Gasteiger partial charge in [-0.2, -0.15) is 0 Å². The lowest BCUT2D eigenvalue weighted by molar-refractivity contribution is -0.124. The molecule has 3 aromatic carbocycles. The summed E-state index contributed by atoms with van der Waals surface area (Å²) in [5, 5.41) is 13.6. The van der Waals surface area contributed by atoms with Gasteiger partial charge in [-0.05, 0) is 47.2 Å². The van der Waals surface area contributed by atoms with Crippen LogP contribution in [0.1, 0.15) is 37.8 Å². The number of rotatable bonds is 8. The van der Waals surface area contributed by atoms with Crippen molar-refractivity contribution in [1.29, 1.82) is 0 Å². The quantitative estimate of drug-likeness (QED) is 0.564. The molecular formula is C26H29NO3. The van der Waals surface area contributed by atoms with Crippen molar-refractivity contribution in [3.8, 4) is 16.9 Å². The van der Waals surface area contributed by atoms with Gasteiger partial charge in [-0.25, -0.2) is 0 Å². The van der Waals surface area contributed by atoms with Gasteiger partial charge in [0, 0.05) is 0 Å². The number of nitrogens with one attached hydrogen (secondary N) is 1. The molecule has 0 spiro atoms. The number of ether oxygens (including phenoxy) is 1. The average Bonchev–Trinajstić information content (AvgIpc) is 2.77. The number of benzene rings is 3. The van der Waals surface area contributed by atoms with Crippen LogP contribution in [-0.4, -0.2) is 24.2 Å². The van der Waals surface area contributed by atoms with E-state index < -0.39 is 5.60 Å². The molecule has 1 amide bonds. The van der Waals surface area contributed by atoms with E-state index in [9.17, 15) is 9.90 Å². The summed E-state index contributed by atoms with van der Waals surface area (Å²) in [6.07, 6.45) is 0. The fraction of sp³-hybridized carbons (Fsp3) is 0.269. The number of amides is 1. The first-order valence-corrected chi connectivity index (χ1v) is 10.2. The molecule has 3 aromatic rings. The molecule has 0 aliphatic rings. The van der Waals surface area contributed by atoms with Gasteiger partial charge in [0.1, 0.15) is 11.4 Å². The van der Waals surface area contributed by atoms with Gasteiger partial charge in [0.15, 0.2) is 6.61 Å². The van der Waals surface area contributed by atoms with Crippen molar-refractivity contribution in [3.63, 3.8) is 0 Å². The fourth-order valence-electron chi connectivity index (χ4n) is 3.17. The zero-order valence-electron chi connectivity index (χ0n) is 17.8. The lowest BCUT2D eigenvalue weighted by Crippen LogP contribution is -2.40. The summed E-state index contributed by atoms with van der Waals surface area (Å²) < 4.78 is 5.54. The van der Waals surface area contributed by atoms with Crippen LogP contribution in [0, 0.1) is 0 Å². The summed E-state index contributed by atoms with van der Waals surface area (Å²) in [4.78, 5) is 12.2. The molecule has 30 heavy (non-hydrogen) atoms. The Balaban J connectivity index is 1.52. The van der Waals surface area contributed by atoms with E-state index >= 15 is 0 Å². The second-order valence-corrected chi connectivity index (χ2v) is 8.01. The number of aliphatic hydroxyl groups is 1. The van der Waals surface area contributed by atoms with Gasteiger partial charge in [0.2, 0.25) is 0 Å². The fourth-order valence-corrected chi connectivity index (χ4v) is 3.17. The SMILES string of the molecule is CC(C)c1ccc(OCC(=O)NCC(C)(O)c2ccc(-c3ccccc3)cc2)cc1. The lowest BCUT2D eigenvalue weighted by atomic mass is 9.93. The van der Waals surface area contributed by atoms with E-state index in [0.29, 0.717) is 11.7 Å². The summed E-state index contributed by atoms with van der Waals surface area (Å²) in [7, 11) is 0. The molecule has 0 heterocycles. The first-order chi connectivity index (χ1) is 14.3. The van der Waals surface area contributed by atoms with Gasteiger partial charge in [0.05, 0.1) is 6.54 Å². The molecule has 156 valence electrons. The highest BCUT2D eigenvalue weighted by Crippen LogP contribution is 2.25. The zero-order chi connectivity index (χ0) is 21.6. The van der Waals surface area contributed by atoms with Crippen LogP contribution in [0.4, 0.5) is 0 Å². The largest absolute Gasteiger partial charge is 0.484 e. The minimum Gasteiger partial charge on any atom is -0.484 e. The van der Waals surface area contributed by atoms with E-state index in [4.69, 9.17) is 4.74 Å². The minimum atomic E-state index is -1.18. The minimum absolute atomic E-state index is 0.0932. The third-order valence-electron chi connectivity index (χ3n) is 5.16. The van der Waals surface area contributed by atoms with Crippen LogP contribution in [0.5, 0.6) is 5.75 Å². The Bertz CT molecular complexity index is 946. The van der Waals surface area contributed by atoms with Crippen molar-refractivity contribution in [2.75, 3.05) is 13.2 Å². The molecule has 0 fully saturated rings. The average molecular weight is 404 g/mol. The highest BCUT2D eigenvalue weighted by Gasteiger charge is 2.24. The van der Waals surface area contributed by atoms with Crippen molar-refractivity contribution >= 4 is 5.91 Å². The second-order valence-electron chi connectivity index (χ2n) is 8.01. The zero-order valence-corrected chi connectivity index (χ0v) is 17.8. The van der Waals surface area contributed by atoms with E-state index in [-0.39, 0.29) is 19.1 Å². The predicted molar refractivity (Wildman–Crippen MR) is 120 cm³/mol. The van der Waals surface area contributed by atoms with Gasteiger partial charge < -0.3 is 15.2 Å². The van der Waals surface area contributed by atoms with Gasteiger partial charge in [-0.3, -0.25) is 4.79 Å². The molecule has 0 aromatic heterocycles. The highest BCUT2D eigenvalue weighted by molar-refractivity contribution is 5.77. The molecule has 0 aliphatic heterocycles. The molecule has 3 rings (SSSR count). The first kappa shape index (κ1) is 21.6. The summed E-state index contributed by atoms with van der Waals surface area (Å²) >= 11 is 0. The summed E-state index contributed by atoms with van der Waals surface area (Å²) in [6, 6.07) is 25.5. The maximum Gasteiger partial charge on any atom is 0.258 e. The van der Waals surface area contributed by atoms with Crippen molar-refractivity contribution in [2.24, 2.45) is 0 Å². The topological polar surface area (TPSA) is 58.6 Å². The Morgan fingerprint density at radius 3 is 2.13 bits per heavy atom. The first-order valence-electron chi connectivity index (χ1n) is 10.2. The van der Waals surface area contributed by atoms with Gasteiger partial charge in [0.25, 0.3) is 5.91 Å². The maximum atomic E-state index is 12.2. The maximum absolute atomic E-state index is 12.2. The Morgan fingerprint density at radius 2 is 1.53 bits per heavy atom. The molecule has 0 bridgehead atoms. The Labute approximate surface area is 178 Å². The molecule has 0 aliphatic carbocycles. The van der Waals surface area contributed by atoms with Crippen LogP contribution in [0.3, 0.4) is 0 Å². The van der Waals surface area contributed by atoms with Crippen LogP contribution in [0.15, 0.2) is 78.9 Å². The number of carbonyl (C=O) groups is 1. The summed E-state index contributed by atoms with van der Waals surface area (Å²) in [5.74, 6) is 0.827. The van der Waals surface area contributed by atoms with E-state index in [1.165, 1.54) is 5.56 Å². The van der Waals surface area contributed by atoms with Crippen LogP contribution < -0.4 is 10.1 Å². The molecule has 4 nitrogen and oxygen atoms in total. The number of hydrogen-bond acceptors (Lipinski definition) is 3. The highest BCUT2D eigenvalue weighted by atomic mass is 16.5. The third-order valence-corrected chi connectivity index (χ3v) is 5.16. The smallest absolute Gasteiger partial charge is 0.258 e. The van der Waals surface area contributed by atoms with Crippen molar-refractivity contribution < 1.29 is 14.6 Å². The Kier molecular flexibility index (Phi) is 6.91. The van der Waals surface area contributed by atoms with Gasteiger partial charge >= 0.3 is 0 Å². The van der Waals surface area contributed by atoms with Crippen molar-refractivity contribution in [3.05, 3.63) is 90.0 Å². The molecule has 1 atom stereocenters. The van der Waals surface area contributed by atoms with E-state index in [0.717, 1.165) is 16.7 Å². The van der Waals surface area contributed by atoms with Crippen LogP contribution in [-0.2, 0) is 10.4 Å². The van der Waals surface area contributed by atoms with Crippen LogP contribution in [0.25, 0.3) is 11.1 Å².